The van der Waals surface area contributed by atoms with Crippen molar-refractivity contribution >= 4 is 16.1 Å². The van der Waals surface area contributed by atoms with Crippen molar-refractivity contribution in [2.75, 3.05) is 13.2 Å². The molecule has 6 nitrogen and oxygen atoms in total. The first-order valence-electron chi connectivity index (χ1n) is 4.77. The van der Waals surface area contributed by atoms with Gasteiger partial charge in [-0.1, -0.05) is 18.2 Å². The second-order valence-electron chi connectivity index (χ2n) is 3.30. The fourth-order valence-corrected chi connectivity index (χ4v) is 2.13. The number of hydrogen-bond donors (Lipinski definition) is 0. The molecular weight excluding hydrogens is 246 g/mol. The van der Waals surface area contributed by atoms with Crippen LogP contribution in [-0.4, -0.2) is 27.7 Å². The molecular formula is C10H9NO5S. The largest absolute Gasteiger partial charge is 0.502 e. The molecule has 1 aromatic rings. The van der Waals surface area contributed by atoms with Gasteiger partial charge in [-0.3, -0.25) is 0 Å². The highest BCUT2D eigenvalue weighted by molar-refractivity contribution is 7.82. The van der Waals surface area contributed by atoms with Gasteiger partial charge in [-0.25, -0.2) is 13.2 Å². The van der Waals surface area contributed by atoms with Crippen molar-refractivity contribution in [1.82, 2.24) is 0 Å². The van der Waals surface area contributed by atoms with Crippen molar-refractivity contribution in [2.45, 2.75) is 6.10 Å². The molecule has 1 fully saturated rings. The van der Waals surface area contributed by atoms with Gasteiger partial charge in [0.2, 0.25) is 5.69 Å². The Kier molecular flexibility index (Phi) is 3.28. The lowest BCUT2D eigenvalue weighted by molar-refractivity contribution is 0.150. The first kappa shape index (κ1) is 11.9. The maximum atomic E-state index is 10.8. The van der Waals surface area contributed by atoms with Gasteiger partial charge in [-0.2, -0.15) is 8.42 Å². The molecule has 0 amide bonds. The molecule has 0 aliphatic carbocycles. The number of hydrogen-bond acceptors (Lipinski definition) is 5. The van der Waals surface area contributed by atoms with Crippen LogP contribution in [0.5, 0.6) is 5.75 Å². The zero-order chi connectivity index (χ0) is 12.3. The monoisotopic (exact) mass is 255 g/mol. The summed E-state index contributed by atoms with van der Waals surface area (Å²) in [5.74, 6) is 0.399. The fourth-order valence-electron chi connectivity index (χ4n) is 1.31. The number of ether oxygens (including phenoxy) is 1. The Morgan fingerprint density at radius 1 is 1.47 bits per heavy atom. The molecule has 7 heteroatoms. The van der Waals surface area contributed by atoms with Crippen LogP contribution in [0.25, 0.3) is 4.85 Å². The standard InChI is InChI=1S/C10H9NO5S/c1-11-9-4-2-3-5-10(9)14-6-8-7-15-17(12,13)16-8/h2-5,8H,6-7H2. The van der Waals surface area contributed by atoms with Crippen LogP contribution in [0.4, 0.5) is 5.69 Å². The summed E-state index contributed by atoms with van der Waals surface area (Å²) in [5.41, 5.74) is 0.370. The van der Waals surface area contributed by atoms with E-state index in [1.54, 1.807) is 24.3 Å². The van der Waals surface area contributed by atoms with Gasteiger partial charge in [0.05, 0.1) is 13.2 Å². The van der Waals surface area contributed by atoms with Crippen molar-refractivity contribution in [3.05, 3.63) is 35.7 Å². The number of rotatable bonds is 3. The quantitative estimate of drug-likeness (QED) is 0.761. The highest BCUT2D eigenvalue weighted by Crippen LogP contribution is 2.27. The average molecular weight is 255 g/mol. The molecule has 90 valence electrons. The highest BCUT2D eigenvalue weighted by atomic mass is 32.3. The zero-order valence-corrected chi connectivity index (χ0v) is 9.51. The first-order chi connectivity index (χ1) is 8.11. The van der Waals surface area contributed by atoms with Crippen molar-refractivity contribution < 1.29 is 21.5 Å². The van der Waals surface area contributed by atoms with Gasteiger partial charge in [-0.15, -0.1) is 0 Å². The summed E-state index contributed by atoms with van der Waals surface area (Å²) in [7, 11) is -3.86. The molecule has 2 rings (SSSR count). The topological polar surface area (TPSA) is 66.2 Å². The second-order valence-corrected chi connectivity index (χ2v) is 4.55. The Balaban J connectivity index is 1.97. The fraction of sp³-hybridized carbons (Fsp3) is 0.300. The van der Waals surface area contributed by atoms with Crippen LogP contribution in [0, 0.1) is 6.57 Å². The third-order valence-corrected chi connectivity index (χ3v) is 3.00. The molecule has 0 radical (unpaired) electrons. The van der Waals surface area contributed by atoms with E-state index in [1.165, 1.54) is 0 Å². The normalized spacial score (nSPS) is 21.9. The van der Waals surface area contributed by atoms with Crippen molar-refractivity contribution in [2.24, 2.45) is 0 Å². The van der Waals surface area contributed by atoms with Gasteiger partial charge in [0.25, 0.3) is 0 Å². The summed E-state index contributed by atoms with van der Waals surface area (Å²) in [6, 6.07) is 6.70. The molecule has 1 unspecified atom stereocenters. The third kappa shape index (κ3) is 2.94. The van der Waals surface area contributed by atoms with Crippen LogP contribution < -0.4 is 4.74 Å². The summed E-state index contributed by atoms with van der Waals surface area (Å²) in [6.07, 6.45) is -0.668. The van der Waals surface area contributed by atoms with Gasteiger partial charge in [0, 0.05) is 0 Å². The first-order valence-corrected chi connectivity index (χ1v) is 6.11. The summed E-state index contributed by atoms with van der Waals surface area (Å²) in [4.78, 5) is 3.28. The predicted molar refractivity (Wildman–Crippen MR) is 57.9 cm³/mol. The Morgan fingerprint density at radius 2 is 2.24 bits per heavy atom. The van der Waals surface area contributed by atoms with E-state index in [0.29, 0.717) is 11.4 Å². The van der Waals surface area contributed by atoms with Gasteiger partial charge < -0.3 is 4.74 Å². The van der Waals surface area contributed by atoms with E-state index < -0.39 is 16.5 Å². The van der Waals surface area contributed by atoms with Gasteiger partial charge in [0.1, 0.15) is 18.5 Å². The Labute approximate surface area is 98.9 Å². The summed E-state index contributed by atoms with van der Waals surface area (Å²) >= 11 is 0. The molecule has 1 atom stereocenters. The lowest BCUT2D eigenvalue weighted by Gasteiger charge is -2.09. The van der Waals surface area contributed by atoms with Crippen LogP contribution in [0.2, 0.25) is 0 Å². The SMILES string of the molecule is [C-]#[N+]c1ccccc1OCC1COS(=O)(=O)O1. The molecule has 1 aromatic carbocycles. The smallest absolute Gasteiger partial charge is 0.400 e. The van der Waals surface area contributed by atoms with Gasteiger partial charge in [-0.05, 0) is 6.07 Å². The molecule has 0 saturated carbocycles. The molecule has 17 heavy (non-hydrogen) atoms. The minimum Gasteiger partial charge on any atom is -0.502 e. The van der Waals surface area contributed by atoms with E-state index in [0.717, 1.165) is 0 Å². The second kappa shape index (κ2) is 4.71. The van der Waals surface area contributed by atoms with Crippen LogP contribution in [0.3, 0.4) is 0 Å². The minimum atomic E-state index is -3.86. The maximum absolute atomic E-state index is 10.8. The van der Waals surface area contributed by atoms with E-state index in [4.69, 9.17) is 11.3 Å². The molecule has 0 N–H and O–H groups in total. The van der Waals surface area contributed by atoms with E-state index >= 15 is 0 Å². The van der Waals surface area contributed by atoms with Crippen molar-refractivity contribution in [1.29, 1.82) is 0 Å². The predicted octanol–water partition coefficient (Wildman–Crippen LogP) is 1.28. The number of nitrogens with zero attached hydrogens (tertiary/aromatic N) is 1. The van der Waals surface area contributed by atoms with Crippen LogP contribution >= 0.6 is 0 Å². The van der Waals surface area contributed by atoms with Gasteiger partial charge >= 0.3 is 10.4 Å². The van der Waals surface area contributed by atoms with E-state index in [1.807, 2.05) is 0 Å². The zero-order valence-electron chi connectivity index (χ0n) is 8.70. The molecule has 1 saturated heterocycles. The molecule has 1 aliphatic rings. The van der Waals surface area contributed by atoms with Crippen LogP contribution in [0.15, 0.2) is 24.3 Å². The van der Waals surface area contributed by atoms with Crippen molar-refractivity contribution in [3.8, 4) is 5.75 Å². The molecule has 0 bridgehead atoms. The van der Waals surface area contributed by atoms with E-state index in [-0.39, 0.29) is 13.2 Å². The summed E-state index contributed by atoms with van der Waals surface area (Å²) < 4.78 is 36.0. The van der Waals surface area contributed by atoms with Gasteiger partial charge in [0.15, 0.2) is 0 Å². The number of para-hydroxylation sites is 2. The molecule has 1 heterocycles. The summed E-state index contributed by atoms with van der Waals surface area (Å²) in [6.45, 7) is 6.88. The lowest BCUT2D eigenvalue weighted by Crippen LogP contribution is -2.20. The Morgan fingerprint density at radius 3 is 2.88 bits per heavy atom. The highest BCUT2D eigenvalue weighted by Gasteiger charge is 2.30. The molecule has 0 aromatic heterocycles. The van der Waals surface area contributed by atoms with E-state index in [9.17, 15) is 8.42 Å². The van der Waals surface area contributed by atoms with E-state index in [2.05, 4.69) is 13.2 Å². The van der Waals surface area contributed by atoms with Crippen LogP contribution in [0.1, 0.15) is 0 Å². The average Bonchev–Trinajstić information content (AvgIpc) is 2.67. The molecule has 0 spiro atoms. The van der Waals surface area contributed by atoms with Crippen LogP contribution in [-0.2, 0) is 18.8 Å². The Bertz CT molecular complexity index is 548. The van der Waals surface area contributed by atoms with Crippen molar-refractivity contribution in [3.63, 3.8) is 0 Å². The Hall–Kier alpha value is -1.62. The maximum Gasteiger partial charge on any atom is 0.400 e. The number of benzene rings is 1. The lowest BCUT2D eigenvalue weighted by atomic mass is 10.3. The molecule has 1 aliphatic heterocycles. The third-order valence-electron chi connectivity index (χ3n) is 2.06. The summed E-state index contributed by atoms with van der Waals surface area (Å²) in [5, 5.41) is 0. The minimum absolute atomic E-state index is 0.0196.